The van der Waals surface area contributed by atoms with Crippen LogP contribution in [-0.4, -0.2) is 21.9 Å². The molecule has 0 spiro atoms. The van der Waals surface area contributed by atoms with Crippen LogP contribution in [0.1, 0.15) is 31.2 Å². The Morgan fingerprint density at radius 2 is 1.67 bits per heavy atom. The van der Waals surface area contributed by atoms with Crippen molar-refractivity contribution in [1.82, 2.24) is 0 Å². The lowest BCUT2D eigenvalue weighted by Gasteiger charge is -2.24. The van der Waals surface area contributed by atoms with E-state index < -0.39 is 5.97 Å². The molecule has 96 valence electrons. The molecule has 0 radical (unpaired) electrons. The van der Waals surface area contributed by atoms with Crippen molar-refractivity contribution in [3.63, 3.8) is 0 Å². The van der Waals surface area contributed by atoms with Gasteiger partial charge in [0.2, 0.25) is 0 Å². The van der Waals surface area contributed by atoms with Gasteiger partial charge in [0.15, 0.2) is 5.71 Å². The summed E-state index contributed by atoms with van der Waals surface area (Å²) in [6.45, 7) is 0. The first-order chi connectivity index (χ1) is 8.59. The number of nitrogens with two attached hydrogens (primary N) is 1. The minimum absolute atomic E-state index is 0.175. The fraction of sp³-hybridized carbons (Fsp3) is 0.429. The third-order valence-corrected chi connectivity index (χ3v) is 3.73. The van der Waals surface area contributed by atoms with Gasteiger partial charge in [-0.15, -0.1) is 0 Å². The maximum atomic E-state index is 10.9. The van der Waals surface area contributed by atoms with E-state index in [4.69, 9.17) is 10.5 Å². The zero-order chi connectivity index (χ0) is 13.1. The summed E-state index contributed by atoms with van der Waals surface area (Å²) < 4.78 is 0. The lowest BCUT2D eigenvalue weighted by Crippen LogP contribution is -2.46. The molecule has 1 fully saturated rings. The number of carboxylic acid groups (broad SMARTS) is 1. The lowest BCUT2D eigenvalue weighted by molar-refractivity contribution is -0.143. The number of hydrogen-bond acceptors (Lipinski definition) is 2. The second-order valence-electron chi connectivity index (χ2n) is 4.86. The number of rotatable bonds is 3. The van der Waals surface area contributed by atoms with Crippen molar-refractivity contribution in [3.8, 4) is 5.75 Å². The SMILES string of the molecule is [NH2+]=C(c1ccccc1O)C1CCC(C(=O)O)CC1. The molecule has 4 heteroatoms. The summed E-state index contributed by atoms with van der Waals surface area (Å²) in [5, 5.41) is 24.8. The second kappa shape index (κ2) is 5.21. The third-order valence-electron chi connectivity index (χ3n) is 3.73. The van der Waals surface area contributed by atoms with Crippen molar-refractivity contribution in [1.29, 1.82) is 0 Å². The molecule has 1 aliphatic rings. The molecule has 4 nitrogen and oxygen atoms in total. The smallest absolute Gasteiger partial charge is 0.306 e. The van der Waals surface area contributed by atoms with Crippen LogP contribution in [0.3, 0.4) is 0 Å². The fourth-order valence-corrected chi connectivity index (χ4v) is 2.59. The molecule has 0 amide bonds. The minimum Gasteiger partial charge on any atom is -0.507 e. The first-order valence-electron chi connectivity index (χ1n) is 6.23. The molecule has 0 bridgehead atoms. The summed E-state index contributed by atoms with van der Waals surface area (Å²) in [5.74, 6) is -0.586. The van der Waals surface area contributed by atoms with Gasteiger partial charge in [0, 0.05) is 5.92 Å². The van der Waals surface area contributed by atoms with Crippen LogP contribution in [0.5, 0.6) is 5.75 Å². The number of phenolic OH excluding ortho intramolecular Hbond substituents is 1. The maximum absolute atomic E-state index is 10.9. The predicted octanol–water partition coefficient (Wildman–Crippen LogP) is 0.831. The van der Waals surface area contributed by atoms with E-state index in [0.717, 1.165) is 12.8 Å². The Bertz CT molecular complexity index is 462. The highest BCUT2D eigenvalue weighted by atomic mass is 16.4. The van der Waals surface area contributed by atoms with Crippen LogP contribution in [0, 0.1) is 11.8 Å². The molecule has 4 N–H and O–H groups in total. The van der Waals surface area contributed by atoms with Crippen LogP contribution in [0.25, 0.3) is 0 Å². The molecular formula is C14H18NO3+. The van der Waals surface area contributed by atoms with E-state index in [1.54, 1.807) is 18.2 Å². The normalized spacial score (nSPS) is 23.6. The highest BCUT2D eigenvalue weighted by molar-refractivity contribution is 6.00. The van der Waals surface area contributed by atoms with Crippen molar-refractivity contribution in [2.45, 2.75) is 25.7 Å². The average Bonchev–Trinajstić information content (AvgIpc) is 2.38. The number of para-hydroxylation sites is 1. The summed E-state index contributed by atoms with van der Waals surface area (Å²) in [6.07, 6.45) is 2.87. The molecule has 0 unspecified atom stereocenters. The molecule has 0 atom stereocenters. The topological polar surface area (TPSA) is 83.1 Å². The van der Waals surface area contributed by atoms with Crippen LogP contribution in [0.2, 0.25) is 0 Å². The number of aliphatic carboxylic acids is 1. The molecule has 18 heavy (non-hydrogen) atoms. The largest absolute Gasteiger partial charge is 0.507 e. The number of hydrogen-bond donors (Lipinski definition) is 3. The van der Waals surface area contributed by atoms with Gasteiger partial charge in [-0.05, 0) is 37.8 Å². The van der Waals surface area contributed by atoms with Gasteiger partial charge in [0.1, 0.15) is 5.75 Å². The van der Waals surface area contributed by atoms with Crippen molar-refractivity contribution in [2.24, 2.45) is 11.8 Å². The Kier molecular flexibility index (Phi) is 3.65. The third kappa shape index (κ3) is 2.53. The van der Waals surface area contributed by atoms with Crippen molar-refractivity contribution >= 4 is 11.7 Å². The predicted molar refractivity (Wildman–Crippen MR) is 67.2 cm³/mol. The monoisotopic (exact) mass is 248 g/mol. The molecule has 0 heterocycles. The highest BCUT2D eigenvalue weighted by Gasteiger charge is 2.31. The van der Waals surface area contributed by atoms with Crippen LogP contribution >= 0.6 is 0 Å². The van der Waals surface area contributed by atoms with Crippen molar-refractivity contribution in [2.75, 3.05) is 0 Å². The van der Waals surface area contributed by atoms with E-state index in [-0.39, 0.29) is 17.6 Å². The Labute approximate surface area is 106 Å². The van der Waals surface area contributed by atoms with E-state index in [9.17, 15) is 9.90 Å². The number of aromatic hydroxyl groups is 1. The average molecular weight is 248 g/mol. The van der Waals surface area contributed by atoms with Crippen molar-refractivity contribution in [3.05, 3.63) is 29.8 Å². The van der Waals surface area contributed by atoms with Gasteiger partial charge in [-0.1, -0.05) is 12.1 Å². The molecule has 1 aromatic rings. The van der Waals surface area contributed by atoms with Gasteiger partial charge in [-0.2, -0.15) is 0 Å². The summed E-state index contributed by atoms with van der Waals surface area (Å²) in [6, 6.07) is 7.01. The number of benzene rings is 1. The Morgan fingerprint density at radius 1 is 1.11 bits per heavy atom. The Balaban J connectivity index is 2.04. The fourth-order valence-electron chi connectivity index (χ4n) is 2.59. The van der Waals surface area contributed by atoms with Gasteiger partial charge in [-0.25, -0.2) is 0 Å². The van der Waals surface area contributed by atoms with E-state index in [1.807, 2.05) is 6.07 Å². The summed E-state index contributed by atoms with van der Waals surface area (Å²) in [4.78, 5) is 10.9. The van der Waals surface area contributed by atoms with Gasteiger partial charge in [0.05, 0.1) is 11.5 Å². The molecule has 1 saturated carbocycles. The zero-order valence-electron chi connectivity index (χ0n) is 10.2. The number of carbonyl (C=O) groups is 1. The Morgan fingerprint density at radius 3 is 2.22 bits per heavy atom. The molecule has 2 rings (SSSR count). The minimum atomic E-state index is -0.713. The second-order valence-corrected chi connectivity index (χ2v) is 4.86. The van der Waals surface area contributed by atoms with E-state index in [2.05, 4.69) is 0 Å². The molecule has 0 aliphatic heterocycles. The molecule has 0 saturated heterocycles. The quantitative estimate of drug-likeness (QED) is 0.693. The van der Waals surface area contributed by atoms with E-state index >= 15 is 0 Å². The van der Waals surface area contributed by atoms with Crippen LogP contribution < -0.4 is 5.41 Å². The maximum Gasteiger partial charge on any atom is 0.306 e. The van der Waals surface area contributed by atoms with E-state index in [0.29, 0.717) is 24.1 Å². The van der Waals surface area contributed by atoms with Crippen molar-refractivity contribution < 1.29 is 20.4 Å². The van der Waals surface area contributed by atoms with E-state index in [1.165, 1.54) is 0 Å². The van der Waals surface area contributed by atoms with Gasteiger partial charge in [-0.3, -0.25) is 10.2 Å². The summed E-state index contributed by atoms with van der Waals surface area (Å²) in [7, 11) is 0. The zero-order valence-corrected chi connectivity index (χ0v) is 10.2. The van der Waals surface area contributed by atoms with Crippen LogP contribution in [0.4, 0.5) is 0 Å². The van der Waals surface area contributed by atoms with Crippen LogP contribution in [-0.2, 0) is 4.79 Å². The summed E-state index contributed by atoms with van der Waals surface area (Å²) >= 11 is 0. The van der Waals surface area contributed by atoms with Gasteiger partial charge < -0.3 is 10.2 Å². The highest BCUT2D eigenvalue weighted by Crippen LogP contribution is 2.31. The van der Waals surface area contributed by atoms with Crippen LogP contribution in [0.15, 0.2) is 24.3 Å². The van der Waals surface area contributed by atoms with Gasteiger partial charge in [0.25, 0.3) is 0 Å². The number of phenols is 1. The molecular weight excluding hydrogens is 230 g/mol. The molecule has 1 aliphatic carbocycles. The first kappa shape index (κ1) is 12.6. The molecule has 0 aromatic heterocycles. The Hall–Kier alpha value is -1.84. The van der Waals surface area contributed by atoms with Gasteiger partial charge >= 0.3 is 5.97 Å². The summed E-state index contributed by atoms with van der Waals surface area (Å²) in [5.41, 5.74) is 1.35. The molecule has 1 aromatic carbocycles. The first-order valence-corrected chi connectivity index (χ1v) is 6.23. The number of carboxylic acids is 1. The lowest BCUT2D eigenvalue weighted by atomic mass is 9.78. The standard InChI is InChI=1S/C14H17NO3/c15-13(11-3-1-2-4-12(11)16)9-5-7-10(8-6-9)14(17)18/h1-4,9-10,15-16H,5-8H2,(H,17,18)/p+1.